The second-order valence-corrected chi connectivity index (χ2v) is 9.33. The zero-order valence-corrected chi connectivity index (χ0v) is 20.1. The molecule has 0 aliphatic heterocycles. The molecule has 0 bridgehead atoms. The Morgan fingerprint density at radius 2 is 1.77 bits per heavy atom. The molecule has 0 saturated carbocycles. The third-order valence-electron chi connectivity index (χ3n) is 4.68. The molecule has 0 aliphatic carbocycles. The molecule has 0 fully saturated rings. The lowest BCUT2D eigenvalue weighted by Crippen LogP contribution is -2.49. The van der Waals surface area contributed by atoms with Crippen LogP contribution in [0.4, 0.5) is 0 Å². The standard InChI is InChI=1S/C23H28Cl2N2O2S/c1-15(2)26-23(29)17(4)27(12-19-8-6-5-7-16(19)3)22(28)14-30-13-18-9-10-20(24)21(25)11-18/h5-11,15,17H,12-14H2,1-4H3,(H,26,29)/t17-/m1/s1. The largest absolute Gasteiger partial charge is 0.352 e. The van der Waals surface area contributed by atoms with E-state index in [0.717, 1.165) is 16.7 Å². The highest BCUT2D eigenvalue weighted by atomic mass is 35.5. The fourth-order valence-electron chi connectivity index (χ4n) is 2.93. The van der Waals surface area contributed by atoms with Crippen molar-refractivity contribution in [2.75, 3.05) is 5.75 Å². The molecule has 4 nitrogen and oxygen atoms in total. The Morgan fingerprint density at radius 3 is 2.40 bits per heavy atom. The minimum Gasteiger partial charge on any atom is -0.352 e. The predicted octanol–water partition coefficient (Wildman–Crippen LogP) is 5.48. The highest BCUT2D eigenvalue weighted by Gasteiger charge is 2.26. The van der Waals surface area contributed by atoms with Gasteiger partial charge in [-0.05, 0) is 56.5 Å². The van der Waals surface area contributed by atoms with Gasteiger partial charge < -0.3 is 10.2 Å². The molecule has 0 spiro atoms. The minimum atomic E-state index is -0.565. The second kappa shape index (κ2) is 11.6. The summed E-state index contributed by atoms with van der Waals surface area (Å²) >= 11 is 13.5. The number of amides is 2. The minimum absolute atomic E-state index is 0.0133. The van der Waals surface area contributed by atoms with Crippen LogP contribution in [-0.2, 0) is 21.9 Å². The Bertz CT molecular complexity index is 889. The summed E-state index contributed by atoms with van der Waals surface area (Å²) in [5, 5.41) is 3.92. The van der Waals surface area contributed by atoms with E-state index >= 15 is 0 Å². The quantitative estimate of drug-likeness (QED) is 0.532. The molecule has 30 heavy (non-hydrogen) atoms. The van der Waals surface area contributed by atoms with E-state index in [-0.39, 0.29) is 23.6 Å². The van der Waals surface area contributed by atoms with Gasteiger partial charge in [0.1, 0.15) is 6.04 Å². The zero-order chi connectivity index (χ0) is 22.3. The van der Waals surface area contributed by atoms with Gasteiger partial charge >= 0.3 is 0 Å². The number of aryl methyl sites for hydroxylation is 1. The predicted molar refractivity (Wildman–Crippen MR) is 127 cm³/mol. The van der Waals surface area contributed by atoms with Gasteiger partial charge in [0.05, 0.1) is 15.8 Å². The molecule has 1 N–H and O–H groups in total. The molecular weight excluding hydrogens is 439 g/mol. The van der Waals surface area contributed by atoms with Crippen molar-refractivity contribution in [2.24, 2.45) is 0 Å². The summed E-state index contributed by atoms with van der Waals surface area (Å²) in [4.78, 5) is 27.3. The maximum atomic E-state index is 13.1. The molecule has 2 aromatic carbocycles. The van der Waals surface area contributed by atoms with Crippen LogP contribution in [0.2, 0.25) is 10.0 Å². The van der Waals surface area contributed by atoms with Crippen LogP contribution in [0.3, 0.4) is 0 Å². The van der Waals surface area contributed by atoms with Crippen molar-refractivity contribution in [3.63, 3.8) is 0 Å². The molecular formula is C23H28Cl2N2O2S. The average molecular weight is 467 g/mol. The lowest BCUT2D eigenvalue weighted by atomic mass is 10.1. The van der Waals surface area contributed by atoms with E-state index in [1.807, 2.05) is 57.2 Å². The van der Waals surface area contributed by atoms with Gasteiger partial charge in [-0.15, -0.1) is 11.8 Å². The van der Waals surface area contributed by atoms with Crippen molar-refractivity contribution >= 4 is 46.8 Å². The first kappa shape index (κ1) is 24.6. The van der Waals surface area contributed by atoms with E-state index in [1.54, 1.807) is 17.9 Å². The Morgan fingerprint density at radius 1 is 1.07 bits per heavy atom. The van der Waals surface area contributed by atoms with Crippen LogP contribution >= 0.6 is 35.0 Å². The van der Waals surface area contributed by atoms with Gasteiger partial charge in [0.2, 0.25) is 11.8 Å². The van der Waals surface area contributed by atoms with Crippen LogP contribution in [0.15, 0.2) is 42.5 Å². The number of carbonyl (C=O) groups excluding carboxylic acids is 2. The lowest BCUT2D eigenvalue weighted by Gasteiger charge is -2.30. The molecule has 2 aromatic rings. The van der Waals surface area contributed by atoms with Crippen LogP contribution in [0.25, 0.3) is 0 Å². The number of benzene rings is 2. The number of halogens is 2. The van der Waals surface area contributed by atoms with E-state index in [9.17, 15) is 9.59 Å². The molecule has 2 amide bonds. The molecule has 0 aromatic heterocycles. The first-order valence-corrected chi connectivity index (χ1v) is 11.8. The molecule has 0 saturated heterocycles. The Labute approximate surface area is 193 Å². The Hall–Kier alpha value is -1.69. The molecule has 0 heterocycles. The summed E-state index contributed by atoms with van der Waals surface area (Å²) in [6.45, 7) is 8.00. The summed E-state index contributed by atoms with van der Waals surface area (Å²) in [6, 6.07) is 12.8. The van der Waals surface area contributed by atoms with Crippen LogP contribution < -0.4 is 5.32 Å². The van der Waals surface area contributed by atoms with Crippen LogP contribution in [0.5, 0.6) is 0 Å². The summed E-state index contributed by atoms with van der Waals surface area (Å²) in [7, 11) is 0. The van der Waals surface area contributed by atoms with Crippen molar-refractivity contribution in [1.82, 2.24) is 10.2 Å². The number of nitrogens with one attached hydrogen (secondary N) is 1. The highest BCUT2D eigenvalue weighted by Crippen LogP contribution is 2.25. The average Bonchev–Trinajstić information content (AvgIpc) is 2.69. The van der Waals surface area contributed by atoms with Crippen molar-refractivity contribution in [2.45, 2.75) is 52.1 Å². The smallest absolute Gasteiger partial charge is 0.242 e. The third kappa shape index (κ3) is 7.22. The molecule has 0 radical (unpaired) electrons. The number of nitrogens with zero attached hydrogens (tertiary/aromatic N) is 1. The summed E-state index contributed by atoms with van der Waals surface area (Å²) < 4.78 is 0. The van der Waals surface area contributed by atoms with Gasteiger partial charge in [-0.25, -0.2) is 0 Å². The number of carbonyl (C=O) groups is 2. The number of thioether (sulfide) groups is 1. The monoisotopic (exact) mass is 466 g/mol. The van der Waals surface area contributed by atoms with E-state index in [0.29, 0.717) is 22.3 Å². The van der Waals surface area contributed by atoms with Gasteiger partial charge in [0, 0.05) is 18.3 Å². The molecule has 7 heteroatoms. The van der Waals surface area contributed by atoms with Gasteiger partial charge in [-0.3, -0.25) is 9.59 Å². The van der Waals surface area contributed by atoms with E-state index in [2.05, 4.69) is 5.32 Å². The molecule has 1 atom stereocenters. The molecule has 162 valence electrons. The van der Waals surface area contributed by atoms with Crippen molar-refractivity contribution in [1.29, 1.82) is 0 Å². The topological polar surface area (TPSA) is 49.4 Å². The summed E-state index contributed by atoms with van der Waals surface area (Å²) in [6.07, 6.45) is 0. The number of rotatable bonds is 9. The first-order valence-electron chi connectivity index (χ1n) is 9.85. The number of hydrogen-bond donors (Lipinski definition) is 1. The zero-order valence-electron chi connectivity index (χ0n) is 17.7. The maximum absolute atomic E-state index is 13.1. The normalized spacial score (nSPS) is 12.0. The third-order valence-corrected chi connectivity index (χ3v) is 6.41. The Kier molecular flexibility index (Phi) is 9.53. The maximum Gasteiger partial charge on any atom is 0.242 e. The Balaban J connectivity index is 2.09. The van der Waals surface area contributed by atoms with Crippen molar-refractivity contribution in [3.8, 4) is 0 Å². The molecule has 2 rings (SSSR count). The highest BCUT2D eigenvalue weighted by molar-refractivity contribution is 7.99. The van der Waals surface area contributed by atoms with E-state index < -0.39 is 6.04 Å². The van der Waals surface area contributed by atoms with Crippen LogP contribution in [0, 0.1) is 6.92 Å². The summed E-state index contributed by atoms with van der Waals surface area (Å²) in [5.41, 5.74) is 3.12. The number of hydrogen-bond acceptors (Lipinski definition) is 3. The van der Waals surface area contributed by atoms with Crippen molar-refractivity contribution in [3.05, 3.63) is 69.2 Å². The first-order chi connectivity index (χ1) is 14.2. The van der Waals surface area contributed by atoms with Crippen LogP contribution in [0.1, 0.15) is 37.5 Å². The molecule has 0 unspecified atom stereocenters. The van der Waals surface area contributed by atoms with Crippen molar-refractivity contribution < 1.29 is 9.59 Å². The fourth-order valence-corrected chi connectivity index (χ4v) is 4.11. The lowest BCUT2D eigenvalue weighted by molar-refractivity contribution is -0.138. The summed E-state index contributed by atoms with van der Waals surface area (Å²) in [5.74, 6) is 0.676. The van der Waals surface area contributed by atoms with Gasteiger partial charge in [-0.2, -0.15) is 0 Å². The fraction of sp³-hybridized carbons (Fsp3) is 0.391. The van der Waals surface area contributed by atoms with E-state index in [4.69, 9.17) is 23.2 Å². The van der Waals surface area contributed by atoms with Gasteiger partial charge in [0.25, 0.3) is 0 Å². The second-order valence-electron chi connectivity index (χ2n) is 7.53. The molecule has 0 aliphatic rings. The van der Waals surface area contributed by atoms with Gasteiger partial charge in [0.15, 0.2) is 0 Å². The van der Waals surface area contributed by atoms with Gasteiger partial charge in [-0.1, -0.05) is 53.5 Å². The SMILES string of the molecule is Cc1ccccc1CN(C(=O)CSCc1ccc(Cl)c(Cl)c1)[C@H](C)C(=O)NC(C)C. The van der Waals surface area contributed by atoms with E-state index in [1.165, 1.54) is 11.8 Å². The van der Waals surface area contributed by atoms with Crippen LogP contribution in [-0.4, -0.2) is 34.6 Å².